The summed E-state index contributed by atoms with van der Waals surface area (Å²) in [4.78, 5) is 10.5. The largest absolute Gasteiger partial charge is 0.481 e. The van der Waals surface area contributed by atoms with Crippen molar-refractivity contribution in [2.75, 3.05) is 0 Å². The second kappa shape index (κ2) is 10.8. The Balaban J connectivity index is 1.91. The Morgan fingerprint density at radius 1 is 1.27 bits per heavy atom. The van der Waals surface area contributed by atoms with Crippen LogP contribution < -0.4 is 4.72 Å². The van der Waals surface area contributed by atoms with Crippen LogP contribution in [-0.2, 0) is 21.0 Å². The van der Waals surface area contributed by atoms with Crippen LogP contribution in [0.1, 0.15) is 56.1 Å². The van der Waals surface area contributed by atoms with Crippen molar-refractivity contribution in [2.45, 2.75) is 57.2 Å². The van der Waals surface area contributed by atoms with Crippen LogP contribution in [0.3, 0.4) is 0 Å². The lowest BCUT2D eigenvalue weighted by atomic mass is 9.86. The number of hydrogen-bond acceptors (Lipinski definition) is 3. The summed E-state index contributed by atoms with van der Waals surface area (Å²) in [5.41, 5.74) is -0.679. The van der Waals surface area contributed by atoms with Crippen molar-refractivity contribution in [3.05, 3.63) is 53.0 Å². The van der Waals surface area contributed by atoms with Gasteiger partial charge in [-0.2, -0.15) is 13.2 Å². The van der Waals surface area contributed by atoms with Crippen LogP contribution in [0.4, 0.5) is 13.2 Å². The molecule has 1 saturated carbocycles. The first kappa shape index (κ1) is 24.1. The maximum atomic E-state index is 12.8. The number of carboxylic acid groups (broad SMARTS) is 1. The monoisotopic (exact) mass is 445 g/mol. The van der Waals surface area contributed by atoms with Gasteiger partial charge in [0, 0.05) is 17.9 Å². The van der Waals surface area contributed by atoms with E-state index in [1.807, 2.05) is 12.2 Å². The van der Waals surface area contributed by atoms with Gasteiger partial charge in [0.25, 0.3) is 0 Å². The predicted molar refractivity (Wildman–Crippen MR) is 109 cm³/mol. The van der Waals surface area contributed by atoms with Gasteiger partial charge in [-0.1, -0.05) is 30.7 Å². The third-order valence-electron chi connectivity index (χ3n) is 4.87. The maximum Gasteiger partial charge on any atom is 0.416 e. The Bertz CT molecular complexity index is 878. The number of alkyl halides is 3. The van der Waals surface area contributed by atoms with Crippen LogP contribution in [0.5, 0.6) is 0 Å². The fourth-order valence-electron chi connectivity index (χ4n) is 3.43. The van der Waals surface area contributed by atoms with E-state index in [9.17, 15) is 26.4 Å². The highest BCUT2D eigenvalue weighted by molar-refractivity contribution is 7.92. The third kappa shape index (κ3) is 8.71. The molecular formula is C21H26F3NO4S. The molecule has 1 aromatic rings. The zero-order chi connectivity index (χ0) is 22.2. The van der Waals surface area contributed by atoms with Crippen molar-refractivity contribution in [2.24, 2.45) is 5.92 Å². The molecule has 0 bridgehead atoms. The number of benzene rings is 1. The number of carbonyl (C=O) groups is 1. The van der Waals surface area contributed by atoms with E-state index in [1.165, 1.54) is 12.1 Å². The molecule has 0 spiro atoms. The highest BCUT2D eigenvalue weighted by Gasteiger charge is 2.30. The second-order valence-corrected chi connectivity index (χ2v) is 9.02. The van der Waals surface area contributed by atoms with Gasteiger partial charge < -0.3 is 5.11 Å². The molecule has 0 amide bonds. The summed E-state index contributed by atoms with van der Waals surface area (Å²) in [6.07, 6.45) is 5.09. The molecule has 0 aromatic heterocycles. The molecule has 0 aliphatic heterocycles. The number of allylic oxidation sites excluding steroid dienone is 2. The number of halogens is 3. The van der Waals surface area contributed by atoms with Gasteiger partial charge in [-0.15, -0.1) is 0 Å². The number of nitrogens with one attached hydrogen (secondary N) is 1. The first-order valence-electron chi connectivity index (χ1n) is 9.81. The van der Waals surface area contributed by atoms with Crippen LogP contribution in [0, 0.1) is 5.92 Å². The molecule has 1 fully saturated rings. The van der Waals surface area contributed by atoms with Crippen molar-refractivity contribution in [3.63, 3.8) is 0 Å². The van der Waals surface area contributed by atoms with E-state index < -0.39 is 27.7 Å². The first-order chi connectivity index (χ1) is 14.0. The second-order valence-electron chi connectivity index (χ2n) is 7.43. The van der Waals surface area contributed by atoms with Crippen LogP contribution >= 0.6 is 0 Å². The number of carboxylic acids is 1. The minimum atomic E-state index is -4.49. The molecule has 0 radical (unpaired) electrons. The van der Waals surface area contributed by atoms with Crippen molar-refractivity contribution in [1.82, 2.24) is 4.72 Å². The summed E-state index contributed by atoms with van der Waals surface area (Å²) in [6, 6.07) is 4.23. The van der Waals surface area contributed by atoms with Gasteiger partial charge >= 0.3 is 12.1 Å². The van der Waals surface area contributed by atoms with Crippen LogP contribution in [0.15, 0.2) is 41.8 Å². The molecular weight excluding hydrogens is 419 g/mol. The molecule has 0 saturated heterocycles. The number of hydrogen-bond donors (Lipinski definition) is 2. The lowest BCUT2D eigenvalue weighted by Crippen LogP contribution is -2.37. The van der Waals surface area contributed by atoms with E-state index in [0.717, 1.165) is 36.5 Å². The molecule has 30 heavy (non-hydrogen) atoms. The zero-order valence-electron chi connectivity index (χ0n) is 16.4. The third-order valence-corrected chi connectivity index (χ3v) is 6.03. The Morgan fingerprint density at radius 2 is 2.03 bits per heavy atom. The fourth-order valence-corrected chi connectivity index (χ4v) is 4.52. The predicted octanol–water partition coefficient (Wildman–Crippen LogP) is 4.97. The van der Waals surface area contributed by atoms with Gasteiger partial charge in [-0.05, 0) is 61.8 Å². The summed E-state index contributed by atoms with van der Waals surface area (Å²) in [6.45, 7) is 0. The van der Waals surface area contributed by atoms with E-state index in [1.54, 1.807) is 0 Å². The SMILES string of the molecule is O=C(O)CCCC=CC1CCCC(NS(=O)(=O)C=Cc2cccc(C(F)(F)F)c2)C1. The Kier molecular flexibility index (Phi) is 8.66. The molecule has 2 unspecified atom stereocenters. The number of sulfonamides is 1. The minimum absolute atomic E-state index is 0.121. The Morgan fingerprint density at radius 3 is 2.73 bits per heavy atom. The van der Waals surface area contributed by atoms with E-state index in [4.69, 9.17) is 5.11 Å². The van der Waals surface area contributed by atoms with Gasteiger partial charge in [0.1, 0.15) is 0 Å². The topological polar surface area (TPSA) is 83.5 Å². The highest BCUT2D eigenvalue weighted by Crippen LogP contribution is 2.30. The summed E-state index contributed by atoms with van der Waals surface area (Å²) >= 11 is 0. The van der Waals surface area contributed by atoms with Gasteiger partial charge in [0.05, 0.1) is 5.56 Å². The quantitative estimate of drug-likeness (QED) is 0.415. The van der Waals surface area contributed by atoms with Crippen molar-refractivity contribution < 1.29 is 31.5 Å². The standard InChI is InChI=1S/C21H26F3NO4S/c22-21(23,24)18-9-4-7-17(14-18)12-13-30(28,29)25-19-10-5-8-16(15-19)6-2-1-3-11-20(26)27/h2,4,6-7,9,12-14,16,19,25H,1,3,5,8,10-11,15H2,(H,26,27). The van der Waals surface area contributed by atoms with Crippen molar-refractivity contribution in [3.8, 4) is 0 Å². The normalized spacial score (nSPS) is 20.8. The fraction of sp³-hybridized carbons (Fsp3) is 0.476. The van der Waals surface area contributed by atoms with E-state index >= 15 is 0 Å². The Labute approximate surface area is 174 Å². The zero-order valence-corrected chi connectivity index (χ0v) is 17.3. The maximum absolute atomic E-state index is 12.8. The summed E-state index contributed by atoms with van der Waals surface area (Å²) in [7, 11) is -3.79. The lowest BCUT2D eigenvalue weighted by Gasteiger charge is -2.27. The average Bonchev–Trinajstić information content (AvgIpc) is 2.65. The van der Waals surface area contributed by atoms with Crippen LogP contribution in [-0.4, -0.2) is 25.5 Å². The molecule has 5 nitrogen and oxygen atoms in total. The van der Waals surface area contributed by atoms with Crippen molar-refractivity contribution >= 4 is 22.1 Å². The van der Waals surface area contributed by atoms with E-state index in [-0.39, 0.29) is 23.9 Å². The van der Waals surface area contributed by atoms with E-state index in [2.05, 4.69) is 4.72 Å². The highest BCUT2D eigenvalue weighted by atomic mass is 32.2. The number of rotatable bonds is 9. The van der Waals surface area contributed by atoms with Crippen molar-refractivity contribution in [1.29, 1.82) is 0 Å². The van der Waals surface area contributed by atoms with Crippen LogP contribution in [0.25, 0.3) is 6.08 Å². The van der Waals surface area contributed by atoms with Crippen LogP contribution in [0.2, 0.25) is 0 Å². The summed E-state index contributed by atoms with van der Waals surface area (Å²) in [5.74, 6) is -0.613. The van der Waals surface area contributed by atoms with Gasteiger partial charge in [-0.3, -0.25) is 4.79 Å². The molecule has 1 aliphatic rings. The summed E-state index contributed by atoms with van der Waals surface area (Å²) in [5, 5.41) is 9.52. The van der Waals surface area contributed by atoms with Gasteiger partial charge in [-0.25, -0.2) is 13.1 Å². The molecule has 2 N–H and O–H groups in total. The summed E-state index contributed by atoms with van der Waals surface area (Å²) < 4.78 is 65.6. The molecule has 1 aromatic carbocycles. The molecule has 0 heterocycles. The molecule has 9 heteroatoms. The number of aliphatic carboxylic acids is 1. The average molecular weight is 446 g/mol. The van der Waals surface area contributed by atoms with Gasteiger partial charge in [0.15, 0.2) is 0 Å². The lowest BCUT2D eigenvalue weighted by molar-refractivity contribution is -0.138. The molecule has 2 rings (SSSR count). The molecule has 1 aliphatic carbocycles. The van der Waals surface area contributed by atoms with E-state index in [0.29, 0.717) is 25.7 Å². The minimum Gasteiger partial charge on any atom is -0.481 e. The smallest absolute Gasteiger partial charge is 0.416 e. The molecule has 166 valence electrons. The van der Waals surface area contributed by atoms with Gasteiger partial charge in [0.2, 0.25) is 10.0 Å². The Hall–Kier alpha value is -2.13. The number of unbranched alkanes of at least 4 members (excludes halogenated alkanes) is 1. The first-order valence-corrected chi connectivity index (χ1v) is 11.4. The molecule has 2 atom stereocenters.